The van der Waals surface area contributed by atoms with E-state index in [-0.39, 0.29) is 6.10 Å². The van der Waals surface area contributed by atoms with Gasteiger partial charge in [0, 0.05) is 0 Å². The predicted octanol–water partition coefficient (Wildman–Crippen LogP) is 2.82. The molecule has 1 fully saturated rings. The summed E-state index contributed by atoms with van der Waals surface area (Å²) in [5, 5.41) is 2.87. The van der Waals surface area contributed by atoms with Crippen molar-refractivity contribution in [3.05, 3.63) is 60.7 Å². The van der Waals surface area contributed by atoms with E-state index in [2.05, 4.69) is 74.0 Å². The molecule has 0 spiro atoms. The maximum absolute atomic E-state index is 5.77. The summed E-state index contributed by atoms with van der Waals surface area (Å²) in [6.45, 7) is 3.76. The van der Waals surface area contributed by atoms with E-state index in [9.17, 15) is 0 Å². The number of benzene rings is 2. The molecule has 3 rings (SSSR count). The fourth-order valence-corrected chi connectivity index (χ4v) is 7.67. The summed E-state index contributed by atoms with van der Waals surface area (Å²) in [7, 11) is 0. The van der Waals surface area contributed by atoms with Crippen LogP contribution in [0.25, 0.3) is 0 Å². The van der Waals surface area contributed by atoms with Gasteiger partial charge in [-0.05, 0) is 0 Å². The maximum atomic E-state index is 5.77. The third-order valence-corrected chi connectivity index (χ3v) is 10.0. The van der Waals surface area contributed by atoms with Crippen LogP contribution in [0.3, 0.4) is 0 Å². The van der Waals surface area contributed by atoms with Gasteiger partial charge in [0.1, 0.15) is 0 Å². The van der Waals surface area contributed by atoms with Crippen LogP contribution in [0.2, 0.25) is 0 Å². The van der Waals surface area contributed by atoms with Gasteiger partial charge in [0.15, 0.2) is 0 Å². The van der Waals surface area contributed by atoms with Gasteiger partial charge in [-0.3, -0.25) is 0 Å². The van der Waals surface area contributed by atoms with E-state index in [1.165, 1.54) is 10.6 Å². The normalized spacial score (nSPS) is 20.9. The zero-order valence-electron chi connectivity index (χ0n) is 12.7. The molecule has 1 atom stereocenters. The molecule has 2 aromatic carbocycles. The average molecular weight is 302 g/mol. The monoisotopic (exact) mass is 302 g/mol. The van der Waals surface area contributed by atoms with Crippen LogP contribution in [0.1, 0.15) is 0 Å². The Kier molecular flexibility index (Phi) is 3.88. The van der Waals surface area contributed by atoms with E-state index in [4.69, 9.17) is 9.47 Å². The molecular formula is C18H23O2P. The Morgan fingerprint density at radius 3 is 1.86 bits per heavy atom. The van der Waals surface area contributed by atoms with Gasteiger partial charge in [-0.1, -0.05) is 0 Å². The van der Waals surface area contributed by atoms with Crippen LogP contribution in [0.4, 0.5) is 0 Å². The first kappa shape index (κ1) is 14.7. The minimum atomic E-state index is -2.27. The molecule has 112 valence electrons. The quantitative estimate of drug-likeness (QED) is 0.809. The van der Waals surface area contributed by atoms with Crippen LogP contribution < -0.4 is 10.6 Å². The molecule has 0 N–H and O–H groups in total. The molecule has 0 radical (unpaired) electrons. The first-order valence-electron chi connectivity index (χ1n) is 7.40. The van der Waals surface area contributed by atoms with Gasteiger partial charge in [-0.15, -0.1) is 0 Å². The molecule has 0 aliphatic carbocycles. The summed E-state index contributed by atoms with van der Waals surface area (Å²) in [6.07, 6.45) is 1.22. The van der Waals surface area contributed by atoms with Crippen molar-refractivity contribution in [2.45, 2.75) is 6.10 Å². The van der Waals surface area contributed by atoms with Gasteiger partial charge in [0.05, 0.1) is 0 Å². The summed E-state index contributed by atoms with van der Waals surface area (Å²) in [4.78, 5) is 0. The molecule has 0 saturated carbocycles. The van der Waals surface area contributed by atoms with Gasteiger partial charge in [0.2, 0.25) is 0 Å². The van der Waals surface area contributed by atoms with Crippen LogP contribution in [-0.4, -0.2) is 39.0 Å². The molecule has 0 amide bonds. The van der Waals surface area contributed by atoms with Gasteiger partial charge >= 0.3 is 126 Å². The van der Waals surface area contributed by atoms with Gasteiger partial charge < -0.3 is 0 Å². The van der Waals surface area contributed by atoms with Crippen molar-refractivity contribution in [3.8, 4) is 0 Å². The van der Waals surface area contributed by atoms with Crippen LogP contribution in [0, 0.1) is 0 Å². The Morgan fingerprint density at radius 2 is 1.43 bits per heavy atom. The van der Waals surface area contributed by atoms with Crippen molar-refractivity contribution in [1.29, 1.82) is 0 Å². The number of ether oxygens (including phenoxy) is 2. The Balaban J connectivity index is 2.09. The van der Waals surface area contributed by atoms with E-state index in [1.54, 1.807) is 0 Å². The first-order valence-corrected chi connectivity index (χ1v) is 10.7. The summed E-state index contributed by atoms with van der Waals surface area (Å²) < 4.78 is 11.2. The van der Waals surface area contributed by atoms with E-state index in [0.29, 0.717) is 13.4 Å². The second-order valence-electron chi connectivity index (χ2n) is 6.53. The molecule has 2 aromatic rings. The summed E-state index contributed by atoms with van der Waals surface area (Å²) in [5.74, 6) is 0. The predicted molar refractivity (Wildman–Crippen MR) is 91.5 cm³/mol. The average Bonchev–Trinajstić information content (AvgIpc) is 3.02. The molecule has 3 heteroatoms. The van der Waals surface area contributed by atoms with E-state index in [1.807, 2.05) is 0 Å². The minimum absolute atomic E-state index is 0.193. The van der Waals surface area contributed by atoms with Crippen LogP contribution >= 0.6 is 6.60 Å². The third kappa shape index (κ3) is 2.76. The van der Waals surface area contributed by atoms with E-state index >= 15 is 0 Å². The second-order valence-corrected chi connectivity index (χ2v) is 12.7. The fourth-order valence-electron chi connectivity index (χ4n) is 3.26. The molecule has 0 bridgehead atoms. The van der Waals surface area contributed by atoms with Crippen LogP contribution in [0.5, 0.6) is 0 Å². The molecule has 1 unspecified atom stereocenters. The molecule has 0 aromatic heterocycles. The van der Waals surface area contributed by atoms with Crippen LogP contribution in [0.15, 0.2) is 60.7 Å². The molecular weight excluding hydrogens is 279 g/mol. The number of rotatable bonds is 4. The Morgan fingerprint density at radius 1 is 0.905 bits per heavy atom. The summed E-state index contributed by atoms with van der Waals surface area (Å²) in [5.41, 5.74) is 0. The van der Waals surface area contributed by atoms with Crippen molar-refractivity contribution in [1.82, 2.24) is 0 Å². The summed E-state index contributed by atoms with van der Waals surface area (Å²) >= 11 is 0. The Bertz CT molecular complexity index is 546. The van der Waals surface area contributed by atoms with Gasteiger partial charge in [0.25, 0.3) is 0 Å². The zero-order valence-corrected chi connectivity index (χ0v) is 13.6. The third-order valence-electron chi connectivity index (χ3n) is 4.61. The van der Waals surface area contributed by atoms with Gasteiger partial charge in [-0.25, -0.2) is 0 Å². The number of hydrogen-bond donors (Lipinski definition) is 0. The molecule has 1 aliphatic heterocycles. The van der Waals surface area contributed by atoms with Crippen molar-refractivity contribution in [3.63, 3.8) is 0 Å². The zero-order chi connectivity index (χ0) is 14.8. The second kappa shape index (κ2) is 5.53. The Labute approximate surface area is 127 Å². The number of hydrogen-bond acceptors (Lipinski definition) is 2. The SMILES string of the molecule is CP(C)(CC1COCO1)(c1ccccc1)c1ccccc1. The van der Waals surface area contributed by atoms with E-state index in [0.717, 1.165) is 6.16 Å². The van der Waals surface area contributed by atoms with Crippen molar-refractivity contribution in [2.75, 3.05) is 32.9 Å². The molecule has 1 aliphatic rings. The molecule has 2 nitrogen and oxygen atoms in total. The molecule has 21 heavy (non-hydrogen) atoms. The Hall–Kier alpha value is -1.21. The molecule has 1 saturated heterocycles. The van der Waals surface area contributed by atoms with E-state index < -0.39 is 6.60 Å². The fraction of sp³-hybridized carbons (Fsp3) is 0.333. The topological polar surface area (TPSA) is 18.5 Å². The van der Waals surface area contributed by atoms with Crippen LogP contribution in [-0.2, 0) is 9.47 Å². The first-order chi connectivity index (χ1) is 10.1. The summed E-state index contributed by atoms with van der Waals surface area (Å²) in [6, 6.07) is 21.8. The van der Waals surface area contributed by atoms with Crippen molar-refractivity contribution < 1.29 is 9.47 Å². The standard InChI is InChI=1S/C18H23O2P/c1-21(2,14-16-13-19-15-20-16,17-9-5-3-6-10-17)18-11-7-4-8-12-18/h3-12,16H,13-15H2,1-2H3. The van der Waals surface area contributed by atoms with Gasteiger partial charge in [-0.2, -0.15) is 0 Å². The van der Waals surface area contributed by atoms with Crippen molar-refractivity contribution >= 4 is 17.2 Å². The molecule has 1 heterocycles. The van der Waals surface area contributed by atoms with Crippen molar-refractivity contribution in [2.24, 2.45) is 0 Å².